The number of carbonyl (C=O) groups is 3. The van der Waals surface area contributed by atoms with Crippen LogP contribution in [0, 0.1) is 12.7 Å². The van der Waals surface area contributed by atoms with Crippen molar-refractivity contribution in [1.29, 1.82) is 0 Å². The number of thiocarbonyl (C=S) groups is 1. The molecule has 1 saturated heterocycles. The molecule has 704 valence electrons. The highest BCUT2D eigenvalue weighted by Crippen LogP contribution is 2.46. The number of hydrogen-bond acceptors (Lipinski definition) is 11. The summed E-state index contributed by atoms with van der Waals surface area (Å²) in [5.74, 6) is 2.13. The number of H-pyrrole nitrogens is 5. The summed E-state index contributed by atoms with van der Waals surface area (Å²) in [6.07, 6.45) is 5.56. The molecule has 137 heavy (non-hydrogen) atoms. The average molecular weight is 1960 g/mol. The lowest BCUT2D eigenvalue weighted by Crippen LogP contribution is -2.51. The molecular formula is C109H111BrClFN14O9S2. The zero-order valence-corrected chi connectivity index (χ0v) is 81.7. The average Bonchev–Trinajstić information content (AvgIpc) is 1.62. The Morgan fingerprint density at radius 3 is 1.43 bits per heavy atom. The molecule has 5 unspecified atom stereocenters. The molecule has 0 saturated carbocycles. The van der Waals surface area contributed by atoms with Gasteiger partial charge in [-0.1, -0.05) is 167 Å². The van der Waals surface area contributed by atoms with Gasteiger partial charge in [0.15, 0.2) is 14.9 Å². The number of aromatic nitrogens is 5. The molecule has 11 heterocycles. The fourth-order valence-corrected chi connectivity index (χ4v) is 21.7. The van der Waals surface area contributed by atoms with Crippen molar-refractivity contribution in [3.05, 3.63) is 360 Å². The van der Waals surface area contributed by atoms with E-state index in [1.807, 2.05) is 143 Å². The molecule has 6 aliphatic heterocycles. The zero-order valence-electron chi connectivity index (χ0n) is 77.7. The Morgan fingerprint density at radius 2 is 0.934 bits per heavy atom. The molecule has 0 spiro atoms. The fourth-order valence-electron chi connectivity index (χ4n) is 20.1. The number of methoxy groups -OCH3 is 3. The maximum atomic E-state index is 13.7. The van der Waals surface area contributed by atoms with Crippen molar-refractivity contribution >= 4 is 133 Å². The maximum Gasteiger partial charge on any atom is 0.321 e. The smallest absolute Gasteiger partial charge is 0.321 e. The molecule has 5 atom stereocenters. The number of nitrogens with zero attached hydrogens (tertiary/aromatic N) is 5. The lowest BCUT2D eigenvalue weighted by molar-refractivity contribution is 0.0398. The molecule has 23 nitrogen and oxygen atoms in total. The Balaban J connectivity index is 0.000000115. The second-order valence-electron chi connectivity index (χ2n) is 35.4. The van der Waals surface area contributed by atoms with E-state index in [1.54, 1.807) is 51.7 Å². The minimum absolute atomic E-state index is 0.0300. The molecule has 28 heteroatoms. The number of aryl methyl sites for hydroxylation is 1. The molecule has 22 rings (SSSR count). The number of nitrogens with one attached hydrogen (secondary N) is 9. The number of rotatable bonds is 12. The van der Waals surface area contributed by atoms with Crippen molar-refractivity contribution in [2.24, 2.45) is 0 Å². The van der Waals surface area contributed by atoms with Gasteiger partial charge < -0.3 is 89.6 Å². The van der Waals surface area contributed by atoms with Crippen molar-refractivity contribution in [2.45, 2.75) is 101 Å². The number of halogens is 3. The van der Waals surface area contributed by atoms with E-state index in [2.05, 4.69) is 183 Å². The molecule has 0 aliphatic carbocycles. The number of amides is 6. The van der Waals surface area contributed by atoms with Crippen LogP contribution in [0.1, 0.15) is 141 Å². The van der Waals surface area contributed by atoms with E-state index in [0.717, 1.165) is 139 Å². The summed E-state index contributed by atoms with van der Waals surface area (Å²) in [4.78, 5) is 67.1. The van der Waals surface area contributed by atoms with Crippen LogP contribution >= 0.6 is 39.7 Å². The van der Waals surface area contributed by atoms with Crippen LogP contribution in [0.25, 0.3) is 54.5 Å². The Hall–Kier alpha value is -13.4. The summed E-state index contributed by atoms with van der Waals surface area (Å²) in [7, 11) is 1.67. The van der Waals surface area contributed by atoms with E-state index < -0.39 is 9.84 Å². The highest BCUT2D eigenvalue weighted by atomic mass is 79.9. The van der Waals surface area contributed by atoms with Gasteiger partial charge in [0, 0.05) is 163 Å². The summed E-state index contributed by atoms with van der Waals surface area (Å²) in [5, 5.41) is 20.3. The minimum atomic E-state index is -3.31. The Kier molecular flexibility index (Phi) is 28.3. The molecule has 0 bridgehead atoms. The number of aromatic amines is 5. The van der Waals surface area contributed by atoms with Crippen LogP contribution < -0.4 is 35.5 Å². The van der Waals surface area contributed by atoms with E-state index in [-0.39, 0.29) is 65.1 Å². The first-order valence-electron chi connectivity index (χ1n) is 46.5. The van der Waals surface area contributed by atoms with Gasteiger partial charge in [0.05, 0.1) is 69.6 Å². The van der Waals surface area contributed by atoms with Crippen molar-refractivity contribution in [3.63, 3.8) is 0 Å². The maximum absolute atomic E-state index is 13.7. The molecule has 16 aromatic rings. The van der Waals surface area contributed by atoms with Gasteiger partial charge in [-0.05, 0) is 248 Å². The van der Waals surface area contributed by atoms with Crippen LogP contribution in [0.2, 0.25) is 5.02 Å². The van der Waals surface area contributed by atoms with Gasteiger partial charge in [0.25, 0.3) is 0 Å². The SMILES string of the molecule is CCNC(=O)N1CCc2c([nH]c3ccccc23)C1c1ccc(OC)cc1.COc1ccc(C2c3[nH]c4ccccc4c3CCN2C(=O)NC(C)C)cc1.COc1ccc(C2c3[nH]c4ccccc4c3CCN2C(=S)Nc2cccc(F)c2)cc1.CS(=O)(=O)c1ccc(C2c3[nH]c4ccc(Cl)cc4c3CCN2C(=O)N2CCOCC2)cc1.Cc1cccc2c3c([nH]c12)C(c1cccc(Br)c1)NCC3. The third kappa shape index (κ3) is 19.9. The van der Waals surface area contributed by atoms with E-state index in [9.17, 15) is 27.2 Å². The summed E-state index contributed by atoms with van der Waals surface area (Å²) < 4.78 is 60.0. The third-order valence-electron chi connectivity index (χ3n) is 26.6. The van der Waals surface area contributed by atoms with Gasteiger partial charge in [-0.25, -0.2) is 27.2 Å². The van der Waals surface area contributed by atoms with Crippen molar-refractivity contribution in [2.75, 3.05) is 98.5 Å². The summed E-state index contributed by atoms with van der Waals surface area (Å²) >= 11 is 15.6. The summed E-state index contributed by atoms with van der Waals surface area (Å²) in [6.45, 7) is 14.6. The quantitative estimate of drug-likeness (QED) is 0.0516. The van der Waals surface area contributed by atoms with Crippen LogP contribution in [0.5, 0.6) is 17.2 Å². The van der Waals surface area contributed by atoms with Crippen LogP contribution in [0.4, 0.5) is 24.5 Å². The Morgan fingerprint density at radius 1 is 0.489 bits per heavy atom. The number of morpholine rings is 1. The third-order valence-corrected chi connectivity index (χ3v) is 28.8. The van der Waals surface area contributed by atoms with E-state index in [4.69, 9.17) is 42.8 Å². The van der Waals surface area contributed by atoms with Crippen molar-refractivity contribution in [3.8, 4) is 17.2 Å². The number of urea groups is 3. The highest BCUT2D eigenvalue weighted by molar-refractivity contribution is 9.10. The van der Waals surface area contributed by atoms with E-state index in [0.29, 0.717) is 74.7 Å². The number of anilines is 1. The van der Waals surface area contributed by atoms with E-state index in [1.165, 1.54) is 84.5 Å². The number of hydrogen-bond donors (Lipinski definition) is 9. The molecular weight excluding hydrogens is 1850 g/mol. The first kappa shape index (κ1) is 94.0. The molecule has 0 radical (unpaired) electrons. The standard InChI is InChI=1S/C25H22FN3OS.C23H24ClN3O4S.C22H25N3O2.C21H23N3O2.C18H17BrN2/c1-30-19-11-9-16(10-12-19)24-23-21(20-7-2-3-8-22(20)28-23)13-14-29(24)25(31)27-18-6-4-5-17(26)15-18;1-32(29,30)17-5-2-15(3-6-17)22-21-18(19-14-16(24)4-7-20(19)25-21)8-9-27(22)23(28)26-10-12-31-13-11-26;1-14(2)23-22(26)25-13-12-18-17-6-4-5-7-19(17)24-20(18)21(25)15-8-10-16(27-3)11-9-15;1-3-22-21(25)24-13-12-17-16-6-4-5-7-18(16)23-19(17)20(24)14-8-10-15(26-2)11-9-14;1-11-4-2-7-14-15-8-9-20-17(18(15)21-16(11)14)12-5-3-6-13(19)10-12/h2-12,15,24,28H,13-14H2,1H3,(H,27,31);2-7,14,22,25H,8-13H2,1H3;4-11,14,21,24H,12-13H2,1-3H3,(H,23,26);4-11,20,23H,3,12-13H2,1-2H3,(H,22,25);2-7,10,17,20-21H,8-9H2,1H3. The van der Waals surface area contributed by atoms with Gasteiger partial charge in [-0.3, -0.25) is 0 Å². The van der Waals surface area contributed by atoms with Gasteiger partial charge in [0.1, 0.15) is 23.1 Å². The summed E-state index contributed by atoms with van der Waals surface area (Å²) in [6, 6.07) is 82.7. The minimum Gasteiger partial charge on any atom is -0.497 e. The highest BCUT2D eigenvalue weighted by Gasteiger charge is 2.41. The first-order chi connectivity index (χ1) is 66.5. The number of carbonyl (C=O) groups excluding carboxylic acids is 3. The topological polar surface area (TPSA) is 266 Å². The lowest BCUT2D eigenvalue weighted by Gasteiger charge is -2.40. The second kappa shape index (κ2) is 41.3. The Bertz CT molecular complexity index is 7220. The van der Waals surface area contributed by atoms with E-state index >= 15 is 0 Å². The second-order valence-corrected chi connectivity index (χ2v) is 39.2. The lowest BCUT2D eigenvalue weighted by atomic mass is 9.92. The molecule has 5 aromatic heterocycles. The largest absolute Gasteiger partial charge is 0.497 e. The molecule has 1 fully saturated rings. The molecule has 6 aliphatic rings. The number of para-hydroxylation sites is 4. The number of sulfone groups is 1. The predicted octanol–water partition coefficient (Wildman–Crippen LogP) is 21.9. The van der Waals surface area contributed by atoms with Crippen LogP contribution in [0.15, 0.2) is 264 Å². The summed E-state index contributed by atoms with van der Waals surface area (Å²) in [5.41, 5.74) is 25.1. The molecule has 11 aromatic carbocycles. The van der Waals surface area contributed by atoms with Gasteiger partial charge >= 0.3 is 18.1 Å². The van der Waals surface area contributed by atoms with Crippen molar-refractivity contribution in [1.82, 2.24) is 65.4 Å². The normalized spacial score (nSPS) is 17.1. The first-order valence-corrected chi connectivity index (χ1v) is 50.0. The fraction of sp³-hybridized carbons (Fsp3) is 0.266. The Labute approximate surface area is 815 Å². The number of ether oxygens (including phenoxy) is 4. The molecule has 9 N–H and O–H groups in total. The van der Waals surface area contributed by atoms with Crippen LogP contribution in [-0.4, -0.2) is 180 Å². The molecule has 6 amide bonds. The number of benzene rings is 11. The predicted molar refractivity (Wildman–Crippen MR) is 550 cm³/mol. The van der Waals surface area contributed by atoms with Crippen molar-refractivity contribution < 1.29 is 46.1 Å². The van der Waals surface area contributed by atoms with Gasteiger partial charge in [0.2, 0.25) is 0 Å². The monoisotopic (exact) mass is 1960 g/mol. The van der Waals surface area contributed by atoms with Gasteiger partial charge in [-0.2, -0.15) is 0 Å². The van der Waals surface area contributed by atoms with Crippen LogP contribution in [0.3, 0.4) is 0 Å². The van der Waals surface area contributed by atoms with Crippen LogP contribution in [-0.2, 0) is 46.7 Å². The zero-order chi connectivity index (χ0) is 95.3. The van der Waals surface area contributed by atoms with Gasteiger partial charge in [-0.15, -0.1) is 0 Å². The number of fused-ring (bicyclic) bond motifs is 15.